The van der Waals surface area contributed by atoms with E-state index in [1.54, 1.807) is 0 Å². The van der Waals surface area contributed by atoms with E-state index in [4.69, 9.17) is 5.11 Å². The first-order valence-electron chi connectivity index (χ1n) is 6.04. The number of hydrogen-bond donors (Lipinski definition) is 1. The summed E-state index contributed by atoms with van der Waals surface area (Å²) in [6.45, 7) is 0. The molecule has 1 heterocycles. The van der Waals surface area contributed by atoms with Gasteiger partial charge in [0.15, 0.2) is 0 Å². The van der Waals surface area contributed by atoms with Gasteiger partial charge in [0, 0.05) is 25.8 Å². The van der Waals surface area contributed by atoms with Gasteiger partial charge in [-0.15, -0.1) is 4.40 Å². The molecule has 2 aliphatic rings. The summed E-state index contributed by atoms with van der Waals surface area (Å²) in [7, 11) is -3.01. The van der Waals surface area contributed by atoms with Gasteiger partial charge in [0.05, 0.1) is 5.71 Å². The largest absolute Gasteiger partial charge is 0.477 e. The quantitative estimate of drug-likeness (QED) is 0.835. The van der Waals surface area contributed by atoms with Crippen LogP contribution in [0.15, 0.2) is 16.2 Å². The van der Waals surface area contributed by atoms with Crippen molar-refractivity contribution in [2.75, 3.05) is 7.05 Å². The van der Waals surface area contributed by atoms with Crippen LogP contribution in [0.25, 0.3) is 0 Å². The third-order valence-electron chi connectivity index (χ3n) is 3.55. The van der Waals surface area contributed by atoms with E-state index in [9.17, 15) is 22.0 Å². The fraction of sp³-hybridized carbons (Fsp3) is 0.636. The average molecular weight is 308 g/mol. The predicted molar refractivity (Wildman–Crippen MR) is 66.7 cm³/mol. The van der Waals surface area contributed by atoms with Gasteiger partial charge in [-0.25, -0.2) is 17.9 Å². The number of likely N-dealkylation sites (N-methyl/N-ethyl adjacent to an activating group) is 1. The number of allylic oxidation sites excluding steroid dienone is 1. The molecule has 1 aliphatic carbocycles. The van der Waals surface area contributed by atoms with Crippen molar-refractivity contribution in [1.29, 1.82) is 0 Å². The SMILES string of the molecule is CN1C(C(=O)O)=CC(C2CCC(F)(F)CC2)=NS1(=O)=O. The molecule has 20 heavy (non-hydrogen) atoms. The Morgan fingerprint density at radius 3 is 2.50 bits per heavy atom. The number of alkyl halides is 2. The maximum atomic E-state index is 13.1. The van der Waals surface area contributed by atoms with Crippen molar-refractivity contribution in [3.8, 4) is 0 Å². The third kappa shape index (κ3) is 2.82. The van der Waals surface area contributed by atoms with Gasteiger partial charge >= 0.3 is 16.2 Å². The Morgan fingerprint density at radius 1 is 1.45 bits per heavy atom. The van der Waals surface area contributed by atoms with E-state index in [0.29, 0.717) is 4.31 Å². The molecule has 0 unspecified atom stereocenters. The number of nitrogens with zero attached hydrogens (tertiary/aromatic N) is 2. The number of carbonyl (C=O) groups is 1. The first-order valence-corrected chi connectivity index (χ1v) is 7.44. The molecule has 0 atom stereocenters. The maximum Gasteiger partial charge on any atom is 0.353 e. The molecule has 2 rings (SSSR count). The van der Waals surface area contributed by atoms with Crippen LogP contribution in [-0.2, 0) is 15.0 Å². The topological polar surface area (TPSA) is 87.0 Å². The smallest absolute Gasteiger partial charge is 0.353 e. The number of aliphatic carboxylic acids is 1. The number of carboxylic acids is 1. The van der Waals surface area contributed by atoms with Crippen LogP contribution in [0.5, 0.6) is 0 Å². The number of halogens is 2. The van der Waals surface area contributed by atoms with Crippen molar-refractivity contribution < 1.29 is 27.1 Å². The summed E-state index contributed by atoms with van der Waals surface area (Å²) in [5, 5.41) is 8.99. The van der Waals surface area contributed by atoms with Crippen LogP contribution in [-0.4, -0.2) is 42.5 Å². The Kier molecular flexibility index (Phi) is 3.57. The average Bonchev–Trinajstić information content (AvgIpc) is 2.32. The molecular weight excluding hydrogens is 294 g/mol. The van der Waals surface area contributed by atoms with Crippen LogP contribution in [0.4, 0.5) is 8.78 Å². The minimum atomic E-state index is -4.10. The summed E-state index contributed by atoms with van der Waals surface area (Å²) in [6, 6.07) is 0. The molecular formula is C11H14F2N2O4S. The van der Waals surface area contributed by atoms with Crippen molar-refractivity contribution >= 4 is 21.9 Å². The van der Waals surface area contributed by atoms with Crippen molar-refractivity contribution in [3.05, 3.63) is 11.8 Å². The lowest BCUT2D eigenvalue weighted by Crippen LogP contribution is -2.36. The molecule has 0 aromatic rings. The predicted octanol–water partition coefficient (Wildman–Crippen LogP) is 1.41. The highest BCUT2D eigenvalue weighted by Gasteiger charge is 2.38. The minimum absolute atomic E-state index is 0.0519. The van der Waals surface area contributed by atoms with E-state index >= 15 is 0 Å². The van der Waals surface area contributed by atoms with E-state index in [0.717, 1.165) is 13.1 Å². The van der Waals surface area contributed by atoms with E-state index in [-0.39, 0.29) is 31.4 Å². The van der Waals surface area contributed by atoms with Crippen LogP contribution in [0, 0.1) is 5.92 Å². The van der Waals surface area contributed by atoms with Crippen molar-refractivity contribution in [1.82, 2.24) is 4.31 Å². The summed E-state index contributed by atoms with van der Waals surface area (Å²) < 4.78 is 53.8. The second-order valence-electron chi connectivity index (χ2n) is 4.93. The summed E-state index contributed by atoms with van der Waals surface area (Å²) in [6.07, 6.45) is 0.645. The van der Waals surface area contributed by atoms with Crippen LogP contribution in [0.3, 0.4) is 0 Å². The van der Waals surface area contributed by atoms with Gasteiger partial charge in [-0.05, 0) is 18.9 Å². The van der Waals surface area contributed by atoms with Crippen LogP contribution in [0.2, 0.25) is 0 Å². The molecule has 0 radical (unpaired) electrons. The number of hydrogen-bond acceptors (Lipinski definition) is 3. The minimum Gasteiger partial charge on any atom is -0.477 e. The molecule has 0 aromatic carbocycles. The van der Waals surface area contributed by atoms with Gasteiger partial charge in [-0.2, -0.15) is 8.42 Å². The number of rotatable bonds is 2. The van der Waals surface area contributed by atoms with Crippen molar-refractivity contribution in [3.63, 3.8) is 0 Å². The Morgan fingerprint density at radius 2 is 2.00 bits per heavy atom. The normalized spacial score (nSPS) is 25.9. The zero-order chi connectivity index (χ0) is 15.1. The molecule has 1 aliphatic heterocycles. The highest BCUT2D eigenvalue weighted by atomic mass is 32.2. The Bertz CT molecular complexity index is 588. The number of carboxylic acid groups (broad SMARTS) is 1. The van der Waals surface area contributed by atoms with E-state index < -0.39 is 33.7 Å². The van der Waals surface area contributed by atoms with Gasteiger partial charge in [0.1, 0.15) is 5.70 Å². The maximum absolute atomic E-state index is 13.1. The fourth-order valence-electron chi connectivity index (χ4n) is 2.30. The zero-order valence-electron chi connectivity index (χ0n) is 10.7. The summed E-state index contributed by atoms with van der Waals surface area (Å²) in [5.74, 6) is -4.59. The van der Waals surface area contributed by atoms with E-state index in [2.05, 4.69) is 4.40 Å². The van der Waals surface area contributed by atoms with Gasteiger partial charge in [0.2, 0.25) is 5.92 Å². The van der Waals surface area contributed by atoms with Crippen LogP contribution < -0.4 is 0 Å². The van der Waals surface area contributed by atoms with Gasteiger partial charge in [-0.3, -0.25) is 0 Å². The Labute approximate surface area is 115 Å². The third-order valence-corrected chi connectivity index (χ3v) is 4.88. The molecule has 0 spiro atoms. The first-order chi connectivity index (χ1) is 9.12. The lowest BCUT2D eigenvalue weighted by Gasteiger charge is -2.30. The molecule has 1 N–H and O–H groups in total. The zero-order valence-corrected chi connectivity index (χ0v) is 11.5. The molecule has 112 valence electrons. The molecule has 9 heteroatoms. The molecule has 1 fully saturated rings. The second kappa shape index (κ2) is 4.80. The molecule has 0 bridgehead atoms. The van der Waals surface area contributed by atoms with Gasteiger partial charge in [-0.1, -0.05) is 0 Å². The highest BCUT2D eigenvalue weighted by molar-refractivity contribution is 7.88. The Hall–Kier alpha value is -1.51. The lowest BCUT2D eigenvalue weighted by atomic mass is 9.83. The summed E-state index contributed by atoms with van der Waals surface area (Å²) in [5.41, 5.74) is -0.372. The monoisotopic (exact) mass is 308 g/mol. The lowest BCUT2D eigenvalue weighted by molar-refractivity contribution is -0.133. The van der Waals surface area contributed by atoms with E-state index in [1.807, 2.05) is 0 Å². The molecule has 6 nitrogen and oxygen atoms in total. The van der Waals surface area contributed by atoms with Gasteiger partial charge < -0.3 is 5.11 Å². The molecule has 0 amide bonds. The fourth-order valence-corrected chi connectivity index (χ4v) is 3.27. The van der Waals surface area contributed by atoms with Crippen LogP contribution in [0.1, 0.15) is 25.7 Å². The second-order valence-corrected chi connectivity index (χ2v) is 6.55. The van der Waals surface area contributed by atoms with Crippen molar-refractivity contribution in [2.24, 2.45) is 10.3 Å². The standard InChI is InChI=1S/C11H14F2N2O4S/c1-15-9(10(16)17)6-8(14-20(15,18)19)7-2-4-11(12,13)5-3-7/h6-7H,2-5H2,1H3,(H,16,17). The molecule has 0 saturated heterocycles. The summed E-state index contributed by atoms with van der Waals surface area (Å²) in [4.78, 5) is 11.0. The van der Waals surface area contributed by atoms with Crippen LogP contribution >= 0.6 is 0 Å². The Balaban J connectivity index is 2.30. The van der Waals surface area contributed by atoms with Crippen molar-refractivity contribution in [2.45, 2.75) is 31.6 Å². The first kappa shape index (κ1) is 14.9. The highest BCUT2D eigenvalue weighted by Crippen LogP contribution is 2.37. The molecule has 1 saturated carbocycles. The summed E-state index contributed by atoms with van der Waals surface area (Å²) >= 11 is 0. The van der Waals surface area contributed by atoms with E-state index in [1.165, 1.54) is 0 Å². The molecule has 0 aromatic heterocycles. The van der Waals surface area contributed by atoms with Gasteiger partial charge in [0.25, 0.3) is 0 Å².